The average Bonchev–Trinajstić information content (AvgIpc) is 2.63. The molecule has 1 atom stereocenters. The van der Waals surface area contributed by atoms with E-state index >= 15 is 0 Å². The second kappa shape index (κ2) is 6.93. The first-order valence-corrected chi connectivity index (χ1v) is 7.76. The van der Waals surface area contributed by atoms with E-state index in [0.717, 1.165) is 16.7 Å². The molecule has 3 aromatic carbocycles. The number of nitrogens with one attached hydrogen (secondary N) is 1. The first-order valence-electron chi connectivity index (χ1n) is 7.76. The van der Waals surface area contributed by atoms with Gasteiger partial charge in [-0.3, -0.25) is 4.79 Å². The topological polar surface area (TPSA) is 29.1 Å². The average molecular weight is 301 g/mol. The minimum atomic E-state index is -0.0548. The third-order valence-corrected chi connectivity index (χ3v) is 3.90. The quantitative estimate of drug-likeness (QED) is 0.733. The van der Waals surface area contributed by atoms with Crippen LogP contribution in [0, 0.1) is 0 Å². The smallest absolute Gasteiger partial charge is 0.252 e. The fourth-order valence-corrected chi connectivity index (χ4v) is 2.65. The fourth-order valence-electron chi connectivity index (χ4n) is 2.65. The van der Waals surface area contributed by atoms with Crippen molar-refractivity contribution in [2.75, 3.05) is 0 Å². The molecule has 0 spiro atoms. The zero-order chi connectivity index (χ0) is 16.1. The highest BCUT2D eigenvalue weighted by Crippen LogP contribution is 2.24. The van der Waals surface area contributed by atoms with Gasteiger partial charge in [0.15, 0.2) is 0 Å². The predicted octanol–water partition coefficient (Wildman–Crippen LogP) is 4.84. The van der Waals surface area contributed by atoms with Gasteiger partial charge in [-0.25, -0.2) is 0 Å². The molecule has 0 aliphatic carbocycles. The Bertz CT molecular complexity index is 781. The van der Waals surface area contributed by atoms with Crippen LogP contribution in [0.3, 0.4) is 0 Å². The van der Waals surface area contributed by atoms with Crippen LogP contribution in [-0.2, 0) is 0 Å². The van der Waals surface area contributed by atoms with Gasteiger partial charge in [0, 0.05) is 5.56 Å². The van der Waals surface area contributed by atoms with E-state index in [1.54, 1.807) is 0 Å². The molecule has 0 saturated heterocycles. The molecule has 0 aliphatic heterocycles. The summed E-state index contributed by atoms with van der Waals surface area (Å²) in [5.74, 6) is -0.0548. The lowest BCUT2D eigenvalue weighted by molar-refractivity contribution is 0.0940. The Kier molecular flexibility index (Phi) is 4.53. The summed E-state index contributed by atoms with van der Waals surface area (Å²) in [6.07, 6.45) is 0. The molecule has 0 radical (unpaired) electrons. The van der Waals surface area contributed by atoms with Crippen LogP contribution in [0.25, 0.3) is 11.1 Å². The van der Waals surface area contributed by atoms with Gasteiger partial charge in [0.1, 0.15) is 0 Å². The van der Waals surface area contributed by atoms with Crippen molar-refractivity contribution in [3.8, 4) is 11.1 Å². The Morgan fingerprint density at radius 2 is 1.35 bits per heavy atom. The van der Waals surface area contributed by atoms with Crippen LogP contribution in [0.5, 0.6) is 0 Å². The number of hydrogen-bond acceptors (Lipinski definition) is 1. The van der Waals surface area contributed by atoms with Gasteiger partial charge in [0.25, 0.3) is 5.91 Å². The van der Waals surface area contributed by atoms with Gasteiger partial charge in [-0.15, -0.1) is 0 Å². The summed E-state index contributed by atoms with van der Waals surface area (Å²) in [4.78, 5) is 12.7. The number of carbonyl (C=O) groups is 1. The standard InChI is InChI=1S/C21H19NO/c1-16(17-10-4-2-5-11-17)22-21(23)20-15-9-8-14-19(20)18-12-6-3-7-13-18/h2-16H,1H3,(H,22,23)/t16-/m0/s1. The maximum absolute atomic E-state index is 12.7. The highest BCUT2D eigenvalue weighted by Gasteiger charge is 2.15. The van der Waals surface area contributed by atoms with Gasteiger partial charge in [-0.05, 0) is 29.7 Å². The summed E-state index contributed by atoms with van der Waals surface area (Å²) in [6, 6.07) is 27.6. The first kappa shape index (κ1) is 15.0. The van der Waals surface area contributed by atoms with Crippen LogP contribution in [0.2, 0.25) is 0 Å². The maximum Gasteiger partial charge on any atom is 0.252 e. The second-order valence-electron chi connectivity index (χ2n) is 5.52. The number of benzene rings is 3. The Morgan fingerprint density at radius 3 is 2.04 bits per heavy atom. The monoisotopic (exact) mass is 301 g/mol. The number of hydrogen-bond donors (Lipinski definition) is 1. The summed E-state index contributed by atoms with van der Waals surface area (Å²) >= 11 is 0. The van der Waals surface area contributed by atoms with Gasteiger partial charge in [-0.1, -0.05) is 78.9 Å². The highest BCUT2D eigenvalue weighted by atomic mass is 16.1. The summed E-state index contributed by atoms with van der Waals surface area (Å²) in [6.45, 7) is 2.00. The van der Waals surface area contributed by atoms with E-state index in [9.17, 15) is 4.79 Å². The third kappa shape index (κ3) is 3.49. The summed E-state index contributed by atoms with van der Waals surface area (Å²) < 4.78 is 0. The van der Waals surface area contributed by atoms with E-state index < -0.39 is 0 Å². The summed E-state index contributed by atoms with van der Waals surface area (Å²) in [5, 5.41) is 3.08. The zero-order valence-corrected chi connectivity index (χ0v) is 13.1. The van der Waals surface area contributed by atoms with Crippen molar-refractivity contribution in [1.82, 2.24) is 5.32 Å². The molecule has 2 heteroatoms. The van der Waals surface area contributed by atoms with Crippen LogP contribution in [-0.4, -0.2) is 5.91 Å². The summed E-state index contributed by atoms with van der Waals surface area (Å²) in [5.41, 5.74) is 3.79. The van der Waals surface area contributed by atoms with Gasteiger partial charge >= 0.3 is 0 Å². The Labute approximate surface area is 136 Å². The molecule has 0 unspecified atom stereocenters. The van der Waals surface area contributed by atoms with Crippen molar-refractivity contribution in [2.24, 2.45) is 0 Å². The molecular formula is C21H19NO. The summed E-state index contributed by atoms with van der Waals surface area (Å²) in [7, 11) is 0. The molecule has 0 fully saturated rings. The van der Waals surface area contributed by atoms with Crippen molar-refractivity contribution in [3.63, 3.8) is 0 Å². The minimum absolute atomic E-state index is 0.0347. The molecule has 0 heterocycles. The van der Waals surface area contributed by atoms with E-state index in [0.29, 0.717) is 5.56 Å². The van der Waals surface area contributed by atoms with Crippen LogP contribution in [0.1, 0.15) is 28.9 Å². The fraction of sp³-hybridized carbons (Fsp3) is 0.0952. The van der Waals surface area contributed by atoms with E-state index in [-0.39, 0.29) is 11.9 Å². The van der Waals surface area contributed by atoms with Crippen molar-refractivity contribution in [1.29, 1.82) is 0 Å². The van der Waals surface area contributed by atoms with Gasteiger partial charge < -0.3 is 5.32 Å². The molecular weight excluding hydrogens is 282 g/mol. The van der Waals surface area contributed by atoms with Crippen LogP contribution >= 0.6 is 0 Å². The van der Waals surface area contributed by atoms with Crippen molar-refractivity contribution in [3.05, 3.63) is 96.1 Å². The van der Waals surface area contributed by atoms with E-state index in [2.05, 4.69) is 5.32 Å². The molecule has 3 aromatic rings. The normalized spacial score (nSPS) is 11.7. The Morgan fingerprint density at radius 1 is 0.783 bits per heavy atom. The lowest BCUT2D eigenvalue weighted by atomic mass is 9.98. The third-order valence-electron chi connectivity index (χ3n) is 3.90. The number of carbonyl (C=O) groups excluding carboxylic acids is 1. The largest absolute Gasteiger partial charge is 0.345 e. The first-order chi connectivity index (χ1) is 11.3. The maximum atomic E-state index is 12.7. The number of amides is 1. The van der Waals surface area contributed by atoms with Gasteiger partial charge in [0.2, 0.25) is 0 Å². The predicted molar refractivity (Wildman–Crippen MR) is 94.2 cm³/mol. The van der Waals surface area contributed by atoms with Gasteiger partial charge in [0.05, 0.1) is 6.04 Å². The van der Waals surface area contributed by atoms with Crippen molar-refractivity contribution < 1.29 is 4.79 Å². The molecule has 0 aliphatic rings. The second-order valence-corrected chi connectivity index (χ2v) is 5.52. The lowest BCUT2D eigenvalue weighted by Crippen LogP contribution is -2.27. The molecule has 3 rings (SSSR count). The molecule has 2 nitrogen and oxygen atoms in total. The van der Waals surface area contributed by atoms with E-state index in [1.165, 1.54) is 0 Å². The Balaban J connectivity index is 1.86. The van der Waals surface area contributed by atoms with Crippen molar-refractivity contribution in [2.45, 2.75) is 13.0 Å². The van der Waals surface area contributed by atoms with Gasteiger partial charge in [-0.2, -0.15) is 0 Å². The molecule has 1 N–H and O–H groups in total. The van der Waals surface area contributed by atoms with Crippen LogP contribution in [0.15, 0.2) is 84.9 Å². The SMILES string of the molecule is C[C@H](NC(=O)c1ccccc1-c1ccccc1)c1ccccc1. The van der Waals surface area contributed by atoms with E-state index in [4.69, 9.17) is 0 Å². The molecule has 1 amide bonds. The minimum Gasteiger partial charge on any atom is -0.345 e. The molecule has 114 valence electrons. The highest BCUT2D eigenvalue weighted by molar-refractivity contribution is 6.01. The van der Waals surface area contributed by atoms with E-state index in [1.807, 2.05) is 91.9 Å². The molecule has 0 bridgehead atoms. The van der Waals surface area contributed by atoms with Crippen LogP contribution < -0.4 is 5.32 Å². The molecule has 0 aromatic heterocycles. The number of rotatable bonds is 4. The molecule has 0 saturated carbocycles. The Hall–Kier alpha value is -2.87. The van der Waals surface area contributed by atoms with Crippen LogP contribution in [0.4, 0.5) is 0 Å². The zero-order valence-electron chi connectivity index (χ0n) is 13.1. The van der Waals surface area contributed by atoms with Crippen molar-refractivity contribution >= 4 is 5.91 Å². The molecule has 23 heavy (non-hydrogen) atoms. The lowest BCUT2D eigenvalue weighted by Gasteiger charge is -2.16.